The fourth-order valence-corrected chi connectivity index (χ4v) is 5.39. The van der Waals surface area contributed by atoms with Crippen LogP contribution in [-0.4, -0.2) is 32.8 Å². The lowest BCUT2D eigenvalue weighted by atomic mass is 9.87. The molecule has 0 saturated heterocycles. The Balaban J connectivity index is 1.80. The summed E-state index contributed by atoms with van der Waals surface area (Å²) in [4.78, 5) is 21.5. The van der Waals surface area contributed by atoms with E-state index in [0.717, 1.165) is 34.4 Å². The van der Waals surface area contributed by atoms with Crippen LogP contribution in [0.2, 0.25) is 0 Å². The highest BCUT2D eigenvalue weighted by Crippen LogP contribution is 2.36. The van der Waals surface area contributed by atoms with Gasteiger partial charge in [0.15, 0.2) is 5.75 Å². The molecule has 2 N–H and O–H groups in total. The van der Waals surface area contributed by atoms with Crippen LogP contribution in [0.5, 0.6) is 5.75 Å². The van der Waals surface area contributed by atoms with Crippen molar-refractivity contribution in [2.24, 2.45) is 0 Å². The molecule has 0 radical (unpaired) electrons. The predicted octanol–water partition coefficient (Wildman–Crippen LogP) is 8.21. The average Bonchev–Trinajstić information content (AvgIpc) is 2.96. The highest BCUT2D eigenvalue weighted by molar-refractivity contribution is 5.73. The minimum absolute atomic E-state index is 0.0350. The molecule has 0 aliphatic heterocycles. The van der Waals surface area contributed by atoms with Crippen LogP contribution < -0.4 is 9.64 Å². The number of rotatable bonds is 12. The monoisotopic (exact) mass is 653 g/mol. The zero-order valence-corrected chi connectivity index (χ0v) is 27.3. The molecule has 4 aromatic rings. The van der Waals surface area contributed by atoms with Gasteiger partial charge in [0.05, 0.1) is 30.2 Å². The van der Waals surface area contributed by atoms with Crippen molar-refractivity contribution in [2.45, 2.75) is 79.3 Å². The van der Waals surface area contributed by atoms with E-state index in [1.165, 1.54) is 32.3 Å². The third-order valence-corrected chi connectivity index (χ3v) is 7.88. The summed E-state index contributed by atoms with van der Waals surface area (Å²) in [6.45, 7) is 10.7. The highest BCUT2D eigenvalue weighted by Gasteiger charge is 2.31. The summed E-state index contributed by atoms with van der Waals surface area (Å²) in [5.41, 5.74) is 3.70. The second kappa shape index (κ2) is 14.1. The number of carboxylic acid groups (broad SMARTS) is 1. The lowest BCUT2D eigenvalue weighted by Crippen LogP contribution is -2.25. The molecular formula is C36H39F4N3O4. The number of hydrogen-bond donors (Lipinski definition) is 2. The minimum Gasteiger partial charge on any atom is -0.490 e. The number of aromatic nitrogens is 2. The van der Waals surface area contributed by atoms with Gasteiger partial charge in [-0.05, 0) is 111 Å². The quantitative estimate of drug-likeness (QED) is 0.118. The molecule has 0 saturated carbocycles. The lowest BCUT2D eigenvalue weighted by molar-refractivity contribution is -0.138. The number of aliphatic carboxylic acids is 1. The van der Waals surface area contributed by atoms with Gasteiger partial charge in [-0.1, -0.05) is 23.8 Å². The van der Waals surface area contributed by atoms with E-state index in [1.54, 1.807) is 30.9 Å². The topological polar surface area (TPSA) is 95.8 Å². The van der Waals surface area contributed by atoms with Crippen molar-refractivity contribution in [3.8, 4) is 16.9 Å². The molecule has 47 heavy (non-hydrogen) atoms. The van der Waals surface area contributed by atoms with E-state index in [9.17, 15) is 27.5 Å². The van der Waals surface area contributed by atoms with E-state index in [-0.39, 0.29) is 37.6 Å². The second-order valence-corrected chi connectivity index (χ2v) is 12.4. The number of alkyl halides is 3. The number of carboxylic acids is 1. The van der Waals surface area contributed by atoms with Crippen molar-refractivity contribution in [2.75, 3.05) is 11.5 Å². The maximum absolute atomic E-state index is 15.0. The van der Waals surface area contributed by atoms with Crippen molar-refractivity contribution in [1.82, 2.24) is 9.97 Å². The molecule has 0 aliphatic carbocycles. The summed E-state index contributed by atoms with van der Waals surface area (Å²) in [5, 5.41) is 19.5. The summed E-state index contributed by atoms with van der Waals surface area (Å²) in [5.74, 6) is -0.903. The molecule has 0 unspecified atom stereocenters. The molecule has 0 bridgehead atoms. The number of hydrogen-bond acceptors (Lipinski definition) is 6. The zero-order chi connectivity index (χ0) is 34.7. The van der Waals surface area contributed by atoms with E-state index < -0.39 is 29.1 Å². The first-order chi connectivity index (χ1) is 21.9. The number of aryl methyl sites for hydroxylation is 4. The van der Waals surface area contributed by atoms with Crippen molar-refractivity contribution in [3.05, 3.63) is 105 Å². The molecule has 1 aromatic heterocycles. The van der Waals surface area contributed by atoms with Gasteiger partial charge >= 0.3 is 12.1 Å². The Labute approximate surface area is 271 Å². The first-order valence-corrected chi connectivity index (χ1v) is 15.1. The van der Waals surface area contributed by atoms with E-state index in [0.29, 0.717) is 34.4 Å². The van der Waals surface area contributed by atoms with Gasteiger partial charge in [-0.2, -0.15) is 13.2 Å². The summed E-state index contributed by atoms with van der Waals surface area (Å²) in [7, 11) is 0. The van der Waals surface area contributed by atoms with Crippen LogP contribution in [0.4, 0.5) is 23.5 Å². The SMILES string of the molecule is Cc1cc(CN(Cc2cc(C)c(C)cc2-c2cc(C(C)(C)O)c(F)cc2C)c2ncc(OCCCC(=O)O)cn2)cc(C(F)(F)F)c1. The second-order valence-electron chi connectivity index (χ2n) is 12.4. The number of carbonyl (C=O) groups is 1. The Bertz CT molecular complexity index is 1750. The molecule has 11 heteroatoms. The van der Waals surface area contributed by atoms with Crippen LogP contribution in [-0.2, 0) is 29.7 Å². The molecule has 7 nitrogen and oxygen atoms in total. The van der Waals surface area contributed by atoms with Gasteiger partial charge < -0.3 is 19.8 Å². The predicted molar refractivity (Wildman–Crippen MR) is 172 cm³/mol. The summed E-state index contributed by atoms with van der Waals surface area (Å²) in [6, 6.07) is 10.9. The molecule has 0 spiro atoms. The highest BCUT2D eigenvalue weighted by atomic mass is 19.4. The first-order valence-electron chi connectivity index (χ1n) is 15.1. The van der Waals surface area contributed by atoms with Gasteiger partial charge in [-0.15, -0.1) is 0 Å². The van der Waals surface area contributed by atoms with Crippen LogP contribution in [0.3, 0.4) is 0 Å². The van der Waals surface area contributed by atoms with Crippen molar-refractivity contribution in [3.63, 3.8) is 0 Å². The molecule has 250 valence electrons. The van der Waals surface area contributed by atoms with Gasteiger partial charge in [-0.3, -0.25) is 4.79 Å². The number of benzene rings is 3. The van der Waals surface area contributed by atoms with E-state index in [2.05, 4.69) is 9.97 Å². The fourth-order valence-electron chi connectivity index (χ4n) is 5.39. The zero-order valence-electron chi connectivity index (χ0n) is 27.3. The molecule has 4 rings (SSSR count). The van der Waals surface area contributed by atoms with Crippen LogP contribution >= 0.6 is 0 Å². The number of aliphatic hydroxyl groups is 1. The van der Waals surface area contributed by atoms with Crippen LogP contribution in [0, 0.1) is 33.5 Å². The lowest BCUT2D eigenvalue weighted by Gasteiger charge is -2.27. The maximum atomic E-state index is 15.0. The molecule has 1 heterocycles. The average molecular weight is 654 g/mol. The molecule has 3 aromatic carbocycles. The van der Waals surface area contributed by atoms with Crippen molar-refractivity contribution < 1.29 is 37.3 Å². The Hall–Kier alpha value is -4.51. The molecular weight excluding hydrogens is 614 g/mol. The normalized spacial score (nSPS) is 11.9. The van der Waals surface area contributed by atoms with E-state index in [1.807, 2.05) is 26.0 Å². The largest absolute Gasteiger partial charge is 0.490 e. The van der Waals surface area contributed by atoms with Crippen LogP contribution in [0.1, 0.15) is 71.2 Å². The van der Waals surface area contributed by atoms with Gasteiger partial charge in [0.1, 0.15) is 5.82 Å². The maximum Gasteiger partial charge on any atom is 0.416 e. The van der Waals surface area contributed by atoms with Gasteiger partial charge in [0.2, 0.25) is 5.95 Å². The molecule has 0 amide bonds. The van der Waals surface area contributed by atoms with Crippen LogP contribution in [0.25, 0.3) is 11.1 Å². The first kappa shape index (κ1) is 35.3. The smallest absolute Gasteiger partial charge is 0.416 e. The van der Waals surface area contributed by atoms with Crippen molar-refractivity contribution >= 4 is 11.9 Å². The third kappa shape index (κ3) is 9.06. The van der Waals surface area contributed by atoms with E-state index in [4.69, 9.17) is 9.84 Å². The summed E-state index contributed by atoms with van der Waals surface area (Å²) < 4.78 is 61.8. The Morgan fingerprint density at radius 1 is 0.872 bits per heavy atom. The van der Waals surface area contributed by atoms with Gasteiger partial charge in [0.25, 0.3) is 0 Å². The Kier molecular flexibility index (Phi) is 10.6. The molecule has 0 atom stereocenters. The standard InChI is InChI=1S/C36H39F4N3O4/c1-21-10-25(15-27(11-21)36(38,39)40)19-43(34-41-17-28(18-42-34)47-9-7-8-33(44)45)20-26-12-22(2)23(3)13-30(26)29-16-31(35(5,6)46)32(37)14-24(29)4/h10-18,46H,7-9,19-20H2,1-6H3,(H,44,45). The number of nitrogens with zero attached hydrogens (tertiary/aromatic N) is 3. The van der Waals surface area contributed by atoms with Gasteiger partial charge in [-0.25, -0.2) is 14.4 Å². The summed E-state index contributed by atoms with van der Waals surface area (Å²) >= 11 is 0. The van der Waals surface area contributed by atoms with Gasteiger partial charge in [0, 0.05) is 25.1 Å². The third-order valence-electron chi connectivity index (χ3n) is 7.88. The number of ether oxygens (including phenoxy) is 1. The molecule has 0 aliphatic rings. The number of anilines is 1. The minimum atomic E-state index is -4.53. The van der Waals surface area contributed by atoms with E-state index >= 15 is 0 Å². The van der Waals surface area contributed by atoms with Crippen LogP contribution in [0.15, 0.2) is 54.9 Å². The summed E-state index contributed by atoms with van der Waals surface area (Å²) in [6.07, 6.45) is -1.40. The number of halogens is 4. The fraction of sp³-hybridized carbons (Fsp3) is 0.361. The van der Waals surface area contributed by atoms with Crippen molar-refractivity contribution in [1.29, 1.82) is 0 Å². The Morgan fingerprint density at radius 2 is 1.53 bits per heavy atom. The Morgan fingerprint density at radius 3 is 2.15 bits per heavy atom. The molecule has 0 fully saturated rings.